The first-order valence-corrected chi connectivity index (χ1v) is 12.4. The van der Waals surface area contributed by atoms with Gasteiger partial charge in [0.2, 0.25) is 0 Å². The minimum absolute atomic E-state index is 0.289. The number of nitrogens with one attached hydrogen (secondary N) is 3. The van der Waals surface area contributed by atoms with Gasteiger partial charge in [0, 0.05) is 54.4 Å². The molecule has 1 saturated carbocycles. The Hall–Kier alpha value is -2.48. The maximum atomic E-state index is 6.33. The molecule has 180 valence electrons. The molecule has 0 unspecified atom stereocenters. The summed E-state index contributed by atoms with van der Waals surface area (Å²) in [5.41, 5.74) is 2.77. The largest absolute Gasteiger partial charge is 0.494 e. The van der Waals surface area contributed by atoms with Crippen molar-refractivity contribution < 1.29 is 4.74 Å². The average Bonchev–Trinajstić information content (AvgIpc) is 2.81. The Morgan fingerprint density at radius 1 is 1.06 bits per heavy atom. The Kier molecular flexibility index (Phi) is 7.86. The van der Waals surface area contributed by atoms with E-state index in [-0.39, 0.29) is 6.04 Å². The molecule has 0 spiro atoms. The lowest BCUT2D eigenvalue weighted by molar-refractivity contribution is 0.388. The molecule has 1 aliphatic rings. The molecule has 2 aromatic carbocycles. The zero-order chi connectivity index (χ0) is 24.2. The number of pyridine rings is 1. The van der Waals surface area contributed by atoms with Crippen LogP contribution in [0.1, 0.15) is 25.7 Å². The molecule has 6 nitrogen and oxygen atoms in total. The third kappa shape index (κ3) is 5.77. The van der Waals surface area contributed by atoms with Crippen molar-refractivity contribution in [2.75, 3.05) is 36.7 Å². The van der Waals surface area contributed by atoms with Crippen LogP contribution in [0.3, 0.4) is 0 Å². The summed E-state index contributed by atoms with van der Waals surface area (Å²) in [5.74, 6) is 1.47. The van der Waals surface area contributed by atoms with Gasteiger partial charge < -0.3 is 25.6 Å². The van der Waals surface area contributed by atoms with Gasteiger partial charge in [-0.05, 0) is 50.0 Å². The van der Waals surface area contributed by atoms with Crippen LogP contribution in [0.4, 0.5) is 17.2 Å². The predicted octanol–water partition coefficient (Wildman–Crippen LogP) is 6.33. The number of hydrogen-bond donors (Lipinski definition) is 3. The molecule has 3 N–H and O–H groups in total. The predicted molar refractivity (Wildman–Crippen MR) is 148 cm³/mol. The second-order valence-corrected chi connectivity index (χ2v) is 9.95. The number of benzene rings is 2. The maximum absolute atomic E-state index is 6.33. The van der Waals surface area contributed by atoms with Crippen molar-refractivity contribution in [2.24, 2.45) is 0 Å². The highest BCUT2D eigenvalue weighted by Crippen LogP contribution is 2.36. The van der Waals surface area contributed by atoms with E-state index >= 15 is 0 Å². The highest BCUT2D eigenvalue weighted by atomic mass is 35.5. The molecule has 0 bridgehead atoms. The molecule has 34 heavy (non-hydrogen) atoms. The summed E-state index contributed by atoms with van der Waals surface area (Å²) in [7, 11) is 5.70. The van der Waals surface area contributed by atoms with Crippen molar-refractivity contribution in [3.05, 3.63) is 52.5 Å². The summed E-state index contributed by atoms with van der Waals surface area (Å²) >= 11 is 17.9. The number of nitrogens with zero attached hydrogens (tertiary/aromatic N) is 2. The highest BCUT2D eigenvalue weighted by molar-refractivity contribution is 7.80. The number of fused-ring (bicyclic) bond motifs is 1. The lowest BCUT2D eigenvalue weighted by atomic mass is 9.91. The quantitative estimate of drug-likeness (QED) is 0.330. The molecule has 9 heteroatoms. The van der Waals surface area contributed by atoms with E-state index in [2.05, 4.69) is 59.2 Å². The molecule has 4 rings (SSSR count). The summed E-state index contributed by atoms with van der Waals surface area (Å²) in [5, 5.41) is 12.9. The third-order valence-electron chi connectivity index (χ3n) is 6.07. The van der Waals surface area contributed by atoms with Crippen LogP contribution in [0.25, 0.3) is 10.9 Å². The summed E-state index contributed by atoms with van der Waals surface area (Å²) in [6, 6.07) is 14.4. The van der Waals surface area contributed by atoms with E-state index < -0.39 is 0 Å². The van der Waals surface area contributed by atoms with E-state index in [0.717, 1.165) is 48.1 Å². The van der Waals surface area contributed by atoms with Crippen LogP contribution in [-0.2, 0) is 0 Å². The van der Waals surface area contributed by atoms with Gasteiger partial charge in [-0.1, -0.05) is 41.4 Å². The zero-order valence-corrected chi connectivity index (χ0v) is 21.8. The fourth-order valence-corrected chi connectivity index (χ4v) is 5.15. The van der Waals surface area contributed by atoms with Crippen LogP contribution in [0, 0.1) is 0 Å². The van der Waals surface area contributed by atoms with Crippen LogP contribution in [0.15, 0.2) is 42.5 Å². The van der Waals surface area contributed by atoms with E-state index in [1.165, 1.54) is 0 Å². The van der Waals surface area contributed by atoms with Gasteiger partial charge in [-0.25, -0.2) is 4.98 Å². The molecular weight excluding hydrogens is 489 g/mol. The topological polar surface area (TPSA) is 61.5 Å². The van der Waals surface area contributed by atoms with E-state index in [1.807, 2.05) is 6.07 Å². The molecule has 1 aliphatic carbocycles. The van der Waals surface area contributed by atoms with Crippen LogP contribution in [0.2, 0.25) is 10.0 Å². The summed E-state index contributed by atoms with van der Waals surface area (Å²) in [6.45, 7) is 0. The number of halogens is 2. The van der Waals surface area contributed by atoms with Crippen molar-refractivity contribution in [1.29, 1.82) is 0 Å². The molecule has 0 saturated heterocycles. The summed E-state index contributed by atoms with van der Waals surface area (Å²) in [6.07, 6.45) is 4.05. The highest BCUT2D eigenvalue weighted by Gasteiger charge is 2.23. The summed E-state index contributed by atoms with van der Waals surface area (Å²) < 4.78 is 5.38. The first-order chi connectivity index (χ1) is 16.3. The molecule has 1 heterocycles. The number of thiocarbonyl (C=S) groups is 1. The SMILES string of the molecule is COc1cc(Cl)cc(Cl)c1NC(=S)NC1CCC(Nc2cc(N(C)C)c3ccccc3n2)CC1. The van der Waals surface area contributed by atoms with Gasteiger partial charge in [-0.15, -0.1) is 0 Å². The molecule has 0 amide bonds. The van der Waals surface area contributed by atoms with Crippen LogP contribution in [-0.4, -0.2) is 43.4 Å². The molecule has 1 fully saturated rings. The molecular formula is C25H29Cl2N5OS. The zero-order valence-electron chi connectivity index (χ0n) is 19.5. The van der Waals surface area contributed by atoms with Crippen LogP contribution in [0.5, 0.6) is 5.75 Å². The Bertz CT molecular complexity index is 1180. The third-order valence-corrected chi connectivity index (χ3v) is 6.80. The van der Waals surface area contributed by atoms with Gasteiger partial charge in [0.25, 0.3) is 0 Å². The lowest BCUT2D eigenvalue weighted by Gasteiger charge is -2.31. The van der Waals surface area contributed by atoms with Crippen molar-refractivity contribution in [2.45, 2.75) is 37.8 Å². The number of para-hydroxylation sites is 1. The normalized spacial score (nSPS) is 17.8. The first-order valence-electron chi connectivity index (χ1n) is 11.3. The number of aromatic nitrogens is 1. The second kappa shape index (κ2) is 10.8. The minimum atomic E-state index is 0.289. The monoisotopic (exact) mass is 517 g/mol. The fourth-order valence-electron chi connectivity index (χ4n) is 4.36. The molecule has 1 aromatic heterocycles. The van der Waals surface area contributed by atoms with Gasteiger partial charge in [-0.2, -0.15) is 0 Å². The average molecular weight is 519 g/mol. The van der Waals surface area contributed by atoms with Crippen LogP contribution < -0.4 is 25.6 Å². The Morgan fingerprint density at radius 2 is 1.76 bits per heavy atom. The van der Waals surface area contributed by atoms with Gasteiger partial charge in [0.1, 0.15) is 17.3 Å². The molecule has 3 aromatic rings. The molecule has 0 aliphatic heterocycles. The lowest BCUT2D eigenvalue weighted by Crippen LogP contribution is -2.42. The summed E-state index contributed by atoms with van der Waals surface area (Å²) in [4.78, 5) is 6.97. The number of ether oxygens (including phenoxy) is 1. The van der Waals surface area contributed by atoms with Crippen molar-refractivity contribution in [3.8, 4) is 5.75 Å². The van der Waals surface area contributed by atoms with Gasteiger partial charge in [-0.3, -0.25) is 0 Å². The van der Waals surface area contributed by atoms with Gasteiger partial charge in [0.15, 0.2) is 5.11 Å². The van der Waals surface area contributed by atoms with Crippen LogP contribution >= 0.6 is 35.4 Å². The molecule has 0 radical (unpaired) electrons. The van der Waals surface area contributed by atoms with E-state index in [1.54, 1.807) is 19.2 Å². The standard InChI is InChI=1S/C25H29Cl2N5OS/c1-32(2)21-14-23(30-20-7-5-4-6-18(20)21)28-16-8-10-17(11-9-16)29-25(34)31-24-19(27)12-15(26)13-22(24)33-3/h4-7,12-14,16-17H,8-11H2,1-3H3,(H,28,30)(H2,29,31,34). The van der Waals surface area contributed by atoms with Crippen molar-refractivity contribution in [3.63, 3.8) is 0 Å². The maximum Gasteiger partial charge on any atom is 0.171 e. The number of anilines is 3. The fraction of sp³-hybridized carbons (Fsp3) is 0.360. The number of rotatable bonds is 6. The second-order valence-electron chi connectivity index (χ2n) is 8.69. The van der Waals surface area contributed by atoms with E-state index in [4.69, 9.17) is 45.1 Å². The van der Waals surface area contributed by atoms with Crippen molar-refractivity contribution >= 4 is 68.6 Å². The van der Waals surface area contributed by atoms with Gasteiger partial charge in [0.05, 0.1) is 17.6 Å². The molecule has 0 atom stereocenters. The number of hydrogen-bond acceptors (Lipinski definition) is 5. The van der Waals surface area contributed by atoms with E-state index in [0.29, 0.717) is 32.6 Å². The smallest absolute Gasteiger partial charge is 0.171 e. The van der Waals surface area contributed by atoms with Crippen molar-refractivity contribution in [1.82, 2.24) is 10.3 Å². The first kappa shape index (κ1) is 24.6. The van der Waals surface area contributed by atoms with Gasteiger partial charge >= 0.3 is 0 Å². The Morgan fingerprint density at radius 3 is 2.47 bits per heavy atom. The number of methoxy groups -OCH3 is 1. The Balaban J connectivity index is 1.34. The minimum Gasteiger partial charge on any atom is -0.494 e. The Labute approximate surface area is 216 Å². The van der Waals surface area contributed by atoms with E-state index in [9.17, 15) is 0 Å².